The van der Waals surface area contributed by atoms with Crippen molar-refractivity contribution in [3.63, 3.8) is 0 Å². The van der Waals surface area contributed by atoms with E-state index in [1.807, 2.05) is 6.26 Å². The quantitative estimate of drug-likeness (QED) is 0.678. The largest absolute Gasteiger partial charge is 0.346 e. The van der Waals surface area contributed by atoms with E-state index in [1.165, 1.54) is 18.0 Å². The number of nitrogens with one attached hydrogen (secondary N) is 1. The van der Waals surface area contributed by atoms with E-state index in [0.29, 0.717) is 10.2 Å². The number of amides is 1. The fraction of sp³-hybridized carbons (Fsp3) is 0.222. The molecule has 1 heterocycles. The molecular weight excluding hydrogens is 269 g/mol. The van der Waals surface area contributed by atoms with Crippen molar-refractivity contribution in [3.8, 4) is 0 Å². The van der Waals surface area contributed by atoms with Crippen LogP contribution >= 0.6 is 35.0 Å². The van der Waals surface area contributed by atoms with Gasteiger partial charge in [-0.25, -0.2) is 9.97 Å². The normalized spacial score (nSPS) is 9.94. The average Bonchev–Trinajstić information content (AvgIpc) is 2.26. The molecule has 0 fully saturated rings. The molecule has 0 atom stereocenters. The molecule has 0 spiro atoms. The Kier molecular flexibility index (Phi) is 5.05. The summed E-state index contributed by atoms with van der Waals surface area (Å²) in [5.41, 5.74) is 0.138. The van der Waals surface area contributed by atoms with Gasteiger partial charge >= 0.3 is 0 Å². The third-order valence-corrected chi connectivity index (χ3v) is 2.53. The number of hydrogen-bond acceptors (Lipinski definition) is 4. The van der Waals surface area contributed by atoms with Gasteiger partial charge in [0.1, 0.15) is 0 Å². The topological polar surface area (TPSA) is 54.9 Å². The molecule has 1 N–H and O–H groups in total. The van der Waals surface area contributed by atoms with Gasteiger partial charge in [-0.1, -0.05) is 41.5 Å². The first kappa shape index (κ1) is 13.3. The second-order valence-electron chi connectivity index (χ2n) is 2.75. The molecule has 1 aromatic rings. The summed E-state index contributed by atoms with van der Waals surface area (Å²) in [6.07, 6.45) is 3.20. The minimum atomic E-state index is -0.399. The maximum atomic E-state index is 11.6. The zero-order valence-corrected chi connectivity index (χ0v) is 10.8. The van der Waals surface area contributed by atoms with Crippen LogP contribution in [0.5, 0.6) is 0 Å². The summed E-state index contributed by atoms with van der Waals surface area (Å²) in [6, 6.07) is 0. The SMILES string of the molecule is C=C(Cl)CNC(=O)c1nc(SC)ncc1Cl. The Morgan fingerprint density at radius 3 is 2.94 bits per heavy atom. The van der Waals surface area contributed by atoms with Gasteiger partial charge in [0.05, 0.1) is 17.8 Å². The summed E-state index contributed by atoms with van der Waals surface area (Å²) in [7, 11) is 0. The van der Waals surface area contributed by atoms with Crippen LogP contribution in [-0.4, -0.2) is 28.7 Å². The first-order chi connectivity index (χ1) is 7.54. The van der Waals surface area contributed by atoms with E-state index in [0.717, 1.165) is 0 Å². The third-order valence-electron chi connectivity index (χ3n) is 1.56. The highest BCUT2D eigenvalue weighted by molar-refractivity contribution is 7.98. The molecule has 0 saturated carbocycles. The Bertz CT molecular complexity index is 425. The van der Waals surface area contributed by atoms with Crippen molar-refractivity contribution in [1.82, 2.24) is 15.3 Å². The molecule has 0 radical (unpaired) electrons. The smallest absolute Gasteiger partial charge is 0.271 e. The summed E-state index contributed by atoms with van der Waals surface area (Å²) in [5.74, 6) is -0.399. The monoisotopic (exact) mass is 277 g/mol. The van der Waals surface area contributed by atoms with Crippen LogP contribution < -0.4 is 5.32 Å². The number of halogens is 2. The number of rotatable bonds is 4. The highest BCUT2D eigenvalue weighted by atomic mass is 35.5. The van der Waals surface area contributed by atoms with E-state index < -0.39 is 5.91 Å². The van der Waals surface area contributed by atoms with Crippen LogP contribution in [0, 0.1) is 0 Å². The molecular formula is C9H9Cl2N3OS. The first-order valence-electron chi connectivity index (χ1n) is 4.22. The first-order valence-corrected chi connectivity index (χ1v) is 6.20. The van der Waals surface area contributed by atoms with Gasteiger partial charge in [-0.2, -0.15) is 0 Å². The van der Waals surface area contributed by atoms with E-state index in [-0.39, 0.29) is 17.3 Å². The summed E-state index contributed by atoms with van der Waals surface area (Å²) in [4.78, 5) is 19.6. The van der Waals surface area contributed by atoms with Gasteiger partial charge in [0.15, 0.2) is 10.9 Å². The molecule has 4 nitrogen and oxygen atoms in total. The van der Waals surface area contributed by atoms with E-state index >= 15 is 0 Å². The molecule has 1 amide bonds. The van der Waals surface area contributed by atoms with Crippen molar-refractivity contribution in [1.29, 1.82) is 0 Å². The van der Waals surface area contributed by atoms with Crippen LogP contribution in [0.2, 0.25) is 5.02 Å². The minimum absolute atomic E-state index is 0.138. The summed E-state index contributed by atoms with van der Waals surface area (Å²) >= 11 is 12.7. The molecule has 1 rings (SSSR count). The lowest BCUT2D eigenvalue weighted by atomic mass is 10.4. The summed E-state index contributed by atoms with van der Waals surface area (Å²) < 4.78 is 0. The second-order valence-corrected chi connectivity index (χ2v) is 4.47. The maximum Gasteiger partial charge on any atom is 0.271 e. The lowest BCUT2D eigenvalue weighted by Crippen LogP contribution is -2.26. The minimum Gasteiger partial charge on any atom is -0.346 e. The Balaban J connectivity index is 2.85. The van der Waals surface area contributed by atoms with E-state index in [4.69, 9.17) is 23.2 Å². The number of aromatic nitrogens is 2. The van der Waals surface area contributed by atoms with Gasteiger partial charge < -0.3 is 5.32 Å². The van der Waals surface area contributed by atoms with Gasteiger partial charge in [0, 0.05) is 5.03 Å². The lowest BCUT2D eigenvalue weighted by Gasteiger charge is -2.05. The van der Waals surface area contributed by atoms with Crippen LogP contribution in [0.25, 0.3) is 0 Å². The molecule has 16 heavy (non-hydrogen) atoms. The van der Waals surface area contributed by atoms with E-state index in [1.54, 1.807) is 0 Å². The van der Waals surface area contributed by atoms with E-state index in [9.17, 15) is 4.79 Å². The van der Waals surface area contributed by atoms with Crippen molar-refractivity contribution in [3.05, 3.63) is 28.5 Å². The number of carbonyl (C=O) groups is 1. The van der Waals surface area contributed by atoms with Crippen molar-refractivity contribution < 1.29 is 4.79 Å². The zero-order valence-electron chi connectivity index (χ0n) is 8.46. The number of thioether (sulfide) groups is 1. The lowest BCUT2D eigenvalue weighted by molar-refractivity contribution is 0.0952. The highest BCUT2D eigenvalue weighted by Gasteiger charge is 2.13. The Hall–Kier alpha value is -0.780. The van der Waals surface area contributed by atoms with Crippen LogP contribution in [0.4, 0.5) is 0 Å². The van der Waals surface area contributed by atoms with E-state index in [2.05, 4.69) is 21.9 Å². The fourth-order valence-corrected chi connectivity index (χ4v) is 1.45. The van der Waals surface area contributed by atoms with Crippen molar-refractivity contribution in [2.75, 3.05) is 12.8 Å². The predicted octanol–water partition coefficient (Wildman–Crippen LogP) is 2.33. The standard InChI is InChI=1S/C9H9Cl2N3OS/c1-5(10)3-12-8(15)7-6(11)4-13-9(14-7)16-2/h4H,1,3H2,2H3,(H,12,15). The third kappa shape index (κ3) is 3.66. The molecule has 86 valence electrons. The van der Waals surface area contributed by atoms with Gasteiger partial charge in [-0.15, -0.1) is 0 Å². The average molecular weight is 278 g/mol. The van der Waals surface area contributed by atoms with Gasteiger partial charge in [0.2, 0.25) is 0 Å². The maximum absolute atomic E-state index is 11.6. The van der Waals surface area contributed by atoms with Crippen LogP contribution in [-0.2, 0) is 0 Å². The Morgan fingerprint density at radius 1 is 1.69 bits per heavy atom. The van der Waals surface area contributed by atoms with Crippen LogP contribution in [0.15, 0.2) is 23.0 Å². The predicted molar refractivity (Wildman–Crippen MR) is 66.1 cm³/mol. The van der Waals surface area contributed by atoms with Crippen molar-refractivity contribution >= 4 is 40.9 Å². The van der Waals surface area contributed by atoms with Crippen molar-refractivity contribution in [2.24, 2.45) is 0 Å². The molecule has 0 saturated heterocycles. The number of nitrogens with zero attached hydrogens (tertiary/aromatic N) is 2. The molecule has 1 aromatic heterocycles. The molecule has 0 aliphatic carbocycles. The fourth-order valence-electron chi connectivity index (χ4n) is 0.868. The number of hydrogen-bond donors (Lipinski definition) is 1. The molecule has 0 aromatic carbocycles. The second kappa shape index (κ2) is 6.08. The van der Waals surface area contributed by atoms with Crippen molar-refractivity contribution in [2.45, 2.75) is 5.16 Å². The molecule has 0 aliphatic rings. The number of carbonyl (C=O) groups excluding carboxylic acids is 1. The van der Waals surface area contributed by atoms with Crippen LogP contribution in [0.1, 0.15) is 10.5 Å². The summed E-state index contributed by atoms with van der Waals surface area (Å²) in [5, 5.41) is 3.56. The molecule has 0 aliphatic heterocycles. The summed E-state index contributed by atoms with van der Waals surface area (Å²) in [6.45, 7) is 3.63. The van der Waals surface area contributed by atoms with Gasteiger partial charge in [-0.3, -0.25) is 4.79 Å². The van der Waals surface area contributed by atoms with Gasteiger partial charge in [-0.05, 0) is 6.26 Å². The molecule has 0 unspecified atom stereocenters. The Labute approximate surface area is 107 Å². The molecule has 7 heteroatoms. The Morgan fingerprint density at radius 2 is 2.38 bits per heavy atom. The van der Waals surface area contributed by atoms with Gasteiger partial charge in [0.25, 0.3) is 5.91 Å². The molecule has 0 bridgehead atoms. The van der Waals surface area contributed by atoms with Crippen LogP contribution in [0.3, 0.4) is 0 Å². The highest BCUT2D eigenvalue weighted by Crippen LogP contribution is 2.16. The zero-order chi connectivity index (χ0) is 12.1.